The van der Waals surface area contributed by atoms with E-state index in [0.717, 1.165) is 0 Å². The van der Waals surface area contributed by atoms with Crippen molar-refractivity contribution < 1.29 is 105 Å². The summed E-state index contributed by atoms with van der Waals surface area (Å²) in [5.74, 6) is -2.64. The van der Waals surface area contributed by atoms with Crippen LogP contribution in [-0.2, 0) is 28.6 Å². The van der Waals surface area contributed by atoms with Gasteiger partial charge < -0.3 is 101 Å². The normalized spacial score (nSPS) is 20.0. The maximum absolute atomic E-state index is 12.5. The molecule has 14 atom stereocenters. The molecule has 0 saturated heterocycles. The second-order valence-corrected chi connectivity index (χ2v) is 16.0. The third-order valence-electron chi connectivity index (χ3n) is 10.4. The number of aliphatic hydroxyl groups is 14. The van der Waals surface area contributed by atoms with E-state index >= 15 is 0 Å². The van der Waals surface area contributed by atoms with Crippen LogP contribution in [0.3, 0.4) is 0 Å². The number of carboxylic acid groups (broad SMARTS) is 1. The number of nitrogens with one attached hydrogen (secondary N) is 2. The number of carbonyl (C=O) groups is 3. The van der Waals surface area contributed by atoms with E-state index in [1.165, 1.54) is 4.90 Å². The molecule has 0 aliphatic rings. The molecule has 0 fully saturated rings. The lowest BCUT2D eigenvalue weighted by atomic mass is 9.93. The van der Waals surface area contributed by atoms with E-state index in [0.29, 0.717) is 12.8 Å². The third-order valence-corrected chi connectivity index (χ3v) is 10.4. The zero-order chi connectivity index (χ0) is 47.8. The molecule has 0 aliphatic heterocycles. The van der Waals surface area contributed by atoms with Gasteiger partial charge in [0.25, 0.3) is 0 Å². The molecular weight excluding hydrogens is 834 g/mol. The van der Waals surface area contributed by atoms with Gasteiger partial charge in [-0.3, -0.25) is 14.5 Å². The Morgan fingerprint density at radius 2 is 0.984 bits per heavy atom. The lowest BCUT2D eigenvalue weighted by molar-refractivity contribution is -0.151. The molecule has 0 aromatic carbocycles. The second kappa shape index (κ2) is 30.8. The summed E-state index contributed by atoms with van der Waals surface area (Å²) in [6.07, 6.45) is -19.5. The maximum atomic E-state index is 12.5. The van der Waals surface area contributed by atoms with Gasteiger partial charge in [0.05, 0.1) is 81.4 Å². The van der Waals surface area contributed by atoms with Crippen molar-refractivity contribution in [1.29, 1.82) is 0 Å². The number of carboxylic acids is 1. The Hall–Kier alpha value is -2.31. The number of ether oxygens (including phenoxy) is 3. The fraction of sp³-hybridized carbons (Fsp3) is 0.921. The van der Waals surface area contributed by atoms with E-state index in [-0.39, 0.29) is 65.1 Å². The molecule has 6 unspecified atom stereocenters. The highest BCUT2D eigenvalue weighted by Crippen LogP contribution is 2.26. The molecule has 0 radical (unpaired) electrons. The van der Waals surface area contributed by atoms with Gasteiger partial charge in [0.15, 0.2) is 6.10 Å². The zero-order valence-electron chi connectivity index (χ0n) is 36.1. The Kier molecular flexibility index (Phi) is 29.6. The summed E-state index contributed by atoms with van der Waals surface area (Å²) in [4.78, 5) is 36.9. The minimum Gasteiger partial charge on any atom is -0.479 e. The van der Waals surface area contributed by atoms with Gasteiger partial charge in [-0.05, 0) is 26.7 Å². The van der Waals surface area contributed by atoms with Gasteiger partial charge in [0.2, 0.25) is 11.8 Å². The predicted molar refractivity (Wildman–Crippen MR) is 215 cm³/mol. The van der Waals surface area contributed by atoms with Crippen LogP contribution in [0.1, 0.15) is 66.2 Å². The molecule has 0 aliphatic carbocycles. The molecule has 0 rings (SSSR count). The highest BCUT2D eigenvalue weighted by atomic mass is 16.5. The summed E-state index contributed by atoms with van der Waals surface area (Å²) >= 11 is 0. The van der Waals surface area contributed by atoms with Crippen LogP contribution < -0.4 is 10.6 Å². The highest BCUT2D eigenvalue weighted by molar-refractivity contribution is 5.83. The number of nitrogens with zero attached hydrogens (tertiary/aromatic N) is 1. The first-order chi connectivity index (χ1) is 28.9. The smallest absolute Gasteiger partial charge is 0.334 e. The van der Waals surface area contributed by atoms with Crippen molar-refractivity contribution >= 4 is 17.8 Å². The summed E-state index contributed by atoms with van der Waals surface area (Å²) in [5.41, 5.74) is -1.79. The zero-order valence-corrected chi connectivity index (χ0v) is 36.1. The number of hydrogen-bond acceptors (Lipinski definition) is 21. The quantitative estimate of drug-likeness (QED) is 0.0275. The first kappa shape index (κ1) is 59.7. The summed E-state index contributed by atoms with van der Waals surface area (Å²) < 4.78 is 16.9. The van der Waals surface area contributed by atoms with E-state index in [4.69, 9.17) is 29.5 Å². The number of aliphatic carboxylic acids is 1. The number of aliphatic hydroxyl groups excluding tert-OH is 14. The van der Waals surface area contributed by atoms with Crippen molar-refractivity contribution in [2.24, 2.45) is 0 Å². The van der Waals surface area contributed by atoms with Crippen LogP contribution in [0.15, 0.2) is 0 Å². The molecule has 62 heavy (non-hydrogen) atoms. The fourth-order valence-corrected chi connectivity index (χ4v) is 5.88. The van der Waals surface area contributed by atoms with Gasteiger partial charge in [-0.2, -0.15) is 0 Å². The first-order valence-electron chi connectivity index (χ1n) is 20.6. The molecule has 24 heteroatoms. The van der Waals surface area contributed by atoms with Crippen molar-refractivity contribution in [3.05, 3.63) is 0 Å². The van der Waals surface area contributed by atoms with E-state index in [2.05, 4.69) is 10.6 Å². The lowest BCUT2D eigenvalue weighted by Gasteiger charge is -2.35. The fourth-order valence-electron chi connectivity index (χ4n) is 5.88. The lowest BCUT2D eigenvalue weighted by Crippen LogP contribution is -2.54. The van der Waals surface area contributed by atoms with E-state index in [1.54, 1.807) is 13.8 Å². The van der Waals surface area contributed by atoms with Gasteiger partial charge in [-0.25, -0.2) is 4.79 Å². The Bertz CT molecular complexity index is 1220. The Labute approximate surface area is 361 Å². The summed E-state index contributed by atoms with van der Waals surface area (Å²) in [6.45, 7) is 2.50. The van der Waals surface area contributed by atoms with Crippen LogP contribution in [0.2, 0.25) is 0 Å². The van der Waals surface area contributed by atoms with Crippen LogP contribution in [0.5, 0.6) is 0 Å². The van der Waals surface area contributed by atoms with Crippen LogP contribution in [0.4, 0.5) is 0 Å². The van der Waals surface area contributed by atoms with Crippen LogP contribution in [-0.4, -0.2) is 256 Å². The summed E-state index contributed by atoms with van der Waals surface area (Å²) in [5, 5.41) is 153. The van der Waals surface area contributed by atoms with Crippen molar-refractivity contribution in [2.45, 2.75) is 151 Å². The molecule has 0 saturated carbocycles. The molecule has 0 aromatic rings. The van der Waals surface area contributed by atoms with Crippen LogP contribution in [0, 0.1) is 0 Å². The van der Waals surface area contributed by atoms with Gasteiger partial charge in [0.1, 0.15) is 36.6 Å². The van der Waals surface area contributed by atoms with E-state index in [9.17, 15) is 75.7 Å². The average Bonchev–Trinajstić information content (AvgIpc) is 3.24. The molecule has 0 heterocycles. The standard InChI is InChI=1S/C38H75N3O21/c1-5-37(3,11-22(44)18-60-21-29(51)36(58)59)61-19-23(45)12-38(4,6-2)62-20-24(46)13-40-31(53)8-7-30(52)39-9-10-41(14-25(47)32(54)34(56)27(49)16-42)15-26(48)33(55)35(57)28(50)17-43/h22-29,32-35,42-51,54-57H,5-21H2,1-4H3,(H,39,52)(H,40,53)(H,58,59)/t22?,23?,24?,25-,26-,27+,28+,29?,32+,33+,34+,35+,37?,38?/m0/s1. The summed E-state index contributed by atoms with van der Waals surface area (Å²) in [6, 6.07) is 0. The molecule has 0 spiro atoms. The van der Waals surface area contributed by atoms with E-state index in [1.807, 2.05) is 13.8 Å². The molecule has 368 valence electrons. The third kappa shape index (κ3) is 24.1. The van der Waals surface area contributed by atoms with Gasteiger partial charge in [-0.1, -0.05) is 13.8 Å². The van der Waals surface area contributed by atoms with Crippen molar-refractivity contribution in [2.75, 3.05) is 72.4 Å². The number of hydrogen-bond donors (Lipinski definition) is 17. The Morgan fingerprint density at radius 3 is 1.40 bits per heavy atom. The molecule has 0 aromatic heterocycles. The SMILES string of the molecule is CCC(C)(CC(O)COCC(O)C(=O)O)OCC(O)CC(C)(CC)OCC(O)CNC(=O)CCC(=O)NCCN(C[C@H](O)[C@@H](O)[C@H](O)[C@H](O)CO)C[C@H](O)[C@@H](O)[C@H](O)[C@H](O)CO. The topological polar surface area (TPSA) is 410 Å². The van der Waals surface area contributed by atoms with Gasteiger partial charge in [-0.15, -0.1) is 0 Å². The Morgan fingerprint density at radius 1 is 0.581 bits per heavy atom. The second-order valence-electron chi connectivity index (χ2n) is 16.0. The van der Waals surface area contributed by atoms with Crippen molar-refractivity contribution in [3.8, 4) is 0 Å². The first-order valence-corrected chi connectivity index (χ1v) is 20.6. The number of carbonyl (C=O) groups excluding carboxylic acids is 2. The minimum atomic E-state index is -1.99. The molecule has 17 N–H and O–H groups in total. The van der Waals surface area contributed by atoms with Crippen molar-refractivity contribution in [3.63, 3.8) is 0 Å². The molecular formula is C38H75N3O21. The van der Waals surface area contributed by atoms with Gasteiger partial charge >= 0.3 is 5.97 Å². The molecule has 2 amide bonds. The predicted octanol–water partition coefficient (Wildman–Crippen LogP) is -7.13. The van der Waals surface area contributed by atoms with Crippen molar-refractivity contribution in [1.82, 2.24) is 15.5 Å². The summed E-state index contributed by atoms with van der Waals surface area (Å²) in [7, 11) is 0. The minimum absolute atomic E-state index is 0.0986. The molecule has 24 nitrogen and oxygen atoms in total. The van der Waals surface area contributed by atoms with Gasteiger partial charge in [0, 0.05) is 58.4 Å². The number of amides is 2. The number of rotatable bonds is 37. The maximum Gasteiger partial charge on any atom is 0.334 e. The average molecular weight is 910 g/mol. The largest absolute Gasteiger partial charge is 0.479 e. The highest BCUT2D eigenvalue weighted by Gasteiger charge is 2.35. The van der Waals surface area contributed by atoms with Crippen LogP contribution in [0.25, 0.3) is 0 Å². The van der Waals surface area contributed by atoms with Crippen LogP contribution >= 0.6 is 0 Å². The van der Waals surface area contributed by atoms with E-state index < -0.39 is 135 Å². The molecule has 0 bridgehead atoms. The Balaban J connectivity index is 4.95. The monoisotopic (exact) mass is 909 g/mol.